The van der Waals surface area contributed by atoms with Gasteiger partial charge in [0.1, 0.15) is 11.1 Å². The molecule has 1 aromatic rings. The highest BCUT2D eigenvalue weighted by Crippen LogP contribution is 2.39. The van der Waals surface area contributed by atoms with Crippen LogP contribution < -0.4 is 9.47 Å². The van der Waals surface area contributed by atoms with Crippen molar-refractivity contribution in [1.82, 2.24) is 0 Å². The third kappa shape index (κ3) is 2.43. The van der Waals surface area contributed by atoms with Crippen LogP contribution in [0, 0.1) is 0 Å². The van der Waals surface area contributed by atoms with Crippen molar-refractivity contribution in [3.05, 3.63) is 23.8 Å². The molecule has 0 aliphatic carbocycles. The Labute approximate surface area is 109 Å². The molecule has 1 aliphatic heterocycles. The van der Waals surface area contributed by atoms with Crippen LogP contribution in [0.2, 0.25) is 0 Å². The number of methoxy groups -OCH3 is 2. The van der Waals surface area contributed by atoms with E-state index in [2.05, 4.69) is 4.99 Å². The molecule has 1 N–H and O–H groups in total. The zero-order valence-electron chi connectivity index (χ0n) is 10.0. The minimum absolute atomic E-state index is 0.184. The van der Waals surface area contributed by atoms with Gasteiger partial charge in [0.25, 0.3) is 0 Å². The standard InChI is InChI=1S/C12H13NO4S/c1-16-9-4-3-7(5-10(9)17-2)11-13-8(6-18-11)12(14)15/h3-5,11H,6H2,1-2H3,(H,14,15)/t11-/m0/s1. The van der Waals surface area contributed by atoms with Crippen molar-refractivity contribution in [2.45, 2.75) is 5.37 Å². The number of thioether (sulfide) groups is 1. The van der Waals surface area contributed by atoms with Crippen LogP contribution >= 0.6 is 11.8 Å². The number of aliphatic imine (C=N–C) groups is 1. The van der Waals surface area contributed by atoms with Crippen molar-refractivity contribution in [1.29, 1.82) is 0 Å². The molecule has 96 valence electrons. The number of hydrogen-bond acceptors (Lipinski definition) is 5. The van der Waals surface area contributed by atoms with E-state index in [0.29, 0.717) is 17.3 Å². The molecule has 0 aromatic heterocycles. The number of rotatable bonds is 4. The van der Waals surface area contributed by atoms with E-state index >= 15 is 0 Å². The van der Waals surface area contributed by atoms with Crippen molar-refractivity contribution in [3.8, 4) is 11.5 Å². The summed E-state index contributed by atoms with van der Waals surface area (Å²) in [5.74, 6) is 0.737. The van der Waals surface area contributed by atoms with Gasteiger partial charge in [-0.25, -0.2) is 4.79 Å². The topological polar surface area (TPSA) is 68.1 Å². The molecule has 0 saturated carbocycles. The second-order valence-electron chi connectivity index (χ2n) is 3.66. The molecule has 18 heavy (non-hydrogen) atoms. The molecule has 0 radical (unpaired) electrons. The number of carbonyl (C=O) groups is 1. The predicted octanol–water partition coefficient (Wildman–Crippen LogP) is 1.97. The highest BCUT2D eigenvalue weighted by atomic mass is 32.2. The summed E-state index contributed by atoms with van der Waals surface area (Å²) in [6.45, 7) is 0. The molecule has 0 amide bonds. The van der Waals surface area contributed by atoms with Crippen molar-refractivity contribution in [2.24, 2.45) is 4.99 Å². The van der Waals surface area contributed by atoms with Crippen LogP contribution in [0.4, 0.5) is 0 Å². The lowest BCUT2D eigenvalue weighted by molar-refractivity contribution is -0.129. The van der Waals surface area contributed by atoms with Gasteiger partial charge in [0.15, 0.2) is 11.5 Å². The molecular weight excluding hydrogens is 254 g/mol. The Hall–Kier alpha value is -1.69. The third-order valence-corrected chi connectivity index (χ3v) is 3.72. The minimum Gasteiger partial charge on any atom is -0.493 e. The van der Waals surface area contributed by atoms with E-state index in [1.807, 2.05) is 12.1 Å². The second kappa shape index (κ2) is 5.30. The van der Waals surface area contributed by atoms with Crippen molar-refractivity contribution < 1.29 is 19.4 Å². The Morgan fingerprint density at radius 2 is 2.11 bits per heavy atom. The highest BCUT2D eigenvalue weighted by Gasteiger charge is 2.24. The smallest absolute Gasteiger partial charge is 0.350 e. The van der Waals surface area contributed by atoms with Gasteiger partial charge in [-0.15, -0.1) is 11.8 Å². The summed E-state index contributed by atoms with van der Waals surface area (Å²) in [6.07, 6.45) is 0. The van der Waals surface area contributed by atoms with E-state index in [9.17, 15) is 4.79 Å². The average Bonchev–Trinajstić information content (AvgIpc) is 2.87. The molecule has 0 unspecified atom stereocenters. The van der Waals surface area contributed by atoms with Crippen LogP contribution in [-0.4, -0.2) is 36.8 Å². The SMILES string of the molecule is COc1ccc([C@H]2N=C(C(=O)O)CS2)cc1OC. The first-order chi connectivity index (χ1) is 8.65. The Balaban J connectivity index is 2.27. The molecule has 1 aliphatic rings. The maximum atomic E-state index is 10.8. The monoisotopic (exact) mass is 267 g/mol. The summed E-state index contributed by atoms with van der Waals surface area (Å²) in [6, 6.07) is 5.49. The number of ether oxygens (including phenoxy) is 2. The van der Waals surface area contributed by atoms with Gasteiger partial charge in [0.05, 0.1) is 14.2 Å². The van der Waals surface area contributed by atoms with Crippen LogP contribution in [-0.2, 0) is 4.79 Å². The number of nitrogens with zero attached hydrogens (tertiary/aromatic N) is 1. The highest BCUT2D eigenvalue weighted by molar-refractivity contribution is 8.00. The molecule has 5 nitrogen and oxygen atoms in total. The lowest BCUT2D eigenvalue weighted by Crippen LogP contribution is -2.11. The molecule has 1 atom stereocenters. The summed E-state index contributed by atoms with van der Waals surface area (Å²) in [5.41, 5.74) is 1.12. The number of carboxylic acid groups (broad SMARTS) is 1. The van der Waals surface area contributed by atoms with Gasteiger partial charge >= 0.3 is 5.97 Å². The first-order valence-corrected chi connectivity index (χ1v) is 6.34. The van der Waals surface area contributed by atoms with Gasteiger partial charge in [0, 0.05) is 5.75 Å². The van der Waals surface area contributed by atoms with Gasteiger partial charge in [0.2, 0.25) is 0 Å². The summed E-state index contributed by atoms with van der Waals surface area (Å²) < 4.78 is 10.4. The molecule has 1 heterocycles. The van der Waals surface area contributed by atoms with Gasteiger partial charge in [-0.05, 0) is 17.7 Å². The van der Waals surface area contributed by atoms with Crippen LogP contribution in [0.15, 0.2) is 23.2 Å². The fourth-order valence-corrected chi connectivity index (χ4v) is 2.72. The molecule has 0 spiro atoms. The minimum atomic E-state index is -0.953. The largest absolute Gasteiger partial charge is 0.493 e. The van der Waals surface area contributed by atoms with Crippen molar-refractivity contribution >= 4 is 23.4 Å². The van der Waals surface area contributed by atoms with E-state index in [1.165, 1.54) is 11.8 Å². The molecule has 6 heteroatoms. The number of hydrogen-bond donors (Lipinski definition) is 1. The summed E-state index contributed by atoms with van der Waals surface area (Å²) >= 11 is 1.48. The fourth-order valence-electron chi connectivity index (χ4n) is 1.67. The van der Waals surface area contributed by atoms with Crippen LogP contribution in [0.5, 0.6) is 11.5 Å². The van der Waals surface area contributed by atoms with Crippen LogP contribution in [0.1, 0.15) is 10.9 Å². The lowest BCUT2D eigenvalue weighted by Gasteiger charge is -2.11. The molecule has 1 aromatic carbocycles. The van der Waals surface area contributed by atoms with Crippen molar-refractivity contribution in [3.63, 3.8) is 0 Å². The zero-order valence-corrected chi connectivity index (χ0v) is 10.9. The normalized spacial score (nSPS) is 18.3. The Morgan fingerprint density at radius 3 is 2.67 bits per heavy atom. The van der Waals surface area contributed by atoms with E-state index in [-0.39, 0.29) is 11.1 Å². The van der Waals surface area contributed by atoms with E-state index in [1.54, 1.807) is 20.3 Å². The van der Waals surface area contributed by atoms with Gasteiger partial charge < -0.3 is 14.6 Å². The maximum Gasteiger partial charge on any atom is 0.350 e. The fraction of sp³-hybridized carbons (Fsp3) is 0.333. The van der Waals surface area contributed by atoms with Gasteiger partial charge in [-0.3, -0.25) is 4.99 Å². The van der Waals surface area contributed by atoms with Gasteiger partial charge in [-0.1, -0.05) is 6.07 Å². The van der Waals surface area contributed by atoms with Gasteiger partial charge in [-0.2, -0.15) is 0 Å². The quantitative estimate of drug-likeness (QED) is 0.903. The zero-order chi connectivity index (χ0) is 13.1. The number of carboxylic acids is 1. The Bertz CT molecular complexity index is 501. The summed E-state index contributed by atoms with van der Waals surface area (Å²) in [7, 11) is 3.14. The molecule has 0 fully saturated rings. The lowest BCUT2D eigenvalue weighted by atomic mass is 10.2. The van der Waals surface area contributed by atoms with E-state index < -0.39 is 5.97 Å². The van der Waals surface area contributed by atoms with Crippen LogP contribution in [0.25, 0.3) is 0 Å². The molecule has 0 saturated heterocycles. The first kappa shape index (κ1) is 12.8. The molecular formula is C12H13NO4S. The summed E-state index contributed by atoms with van der Waals surface area (Å²) in [5, 5.41) is 8.69. The third-order valence-electron chi connectivity index (χ3n) is 2.59. The molecule has 0 bridgehead atoms. The Morgan fingerprint density at radius 1 is 1.39 bits per heavy atom. The number of aliphatic carboxylic acids is 1. The first-order valence-electron chi connectivity index (χ1n) is 5.29. The second-order valence-corrected chi connectivity index (χ2v) is 4.73. The van der Waals surface area contributed by atoms with E-state index in [0.717, 1.165) is 5.56 Å². The summed E-state index contributed by atoms with van der Waals surface area (Å²) in [4.78, 5) is 15.0. The molecule has 2 rings (SSSR count). The Kier molecular flexibility index (Phi) is 3.76. The average molecular weight is 267 g/mol. The van der Waals surface area contributed by atoms with Crippen molar-refractivity contribution in [2.75, 3.05) is 20.0 Å². The maximum absolute atomic E-state index is 10.8. The number of benzene rings is 1. The van der Waals surface area contributed by atoms with Crippen LogP contribution in [0.3, 0.4) is 0 Å². The van der Waals surface area contributed by atoms with E-state index in [4.69, 9.17) is 14.6 Å². The predicted molar refractivity (Wildman–Crippen MR) is 69.8 cm³/mol.